The molecule has 1 saturated heterocycles. The van der Waals surface area contributed by atoms with Gasteiger partial charge >= 0.3 is 0 Å². The van der Waals surface area contributed by atoms with E-state index in [0.717, 1.165) is 36.5 Å². The first-order valence-electron chi connectivity index (χ1n) is 12.2. The van der Waals surface area contributed by atoms with E-state index in [1.165, 1.54) is 0 Å². The summed E-state index contributed by atoms with van der Waals surface area (Å²) < 4.78 is 35.5. The van der Waals surface area contributed by atoms with Gasteiger partial charge in [0.2, 0.25) is 15.7 Å². The smallest absolute Gasteiger partial charge is 0.250 e. The molecule has 0 saturated carbocycles. The van der Waals surface area contributed by atoms with Crippen molar-refractivity contribution >= 4 is 21.4 Å². The van der Waals surface area contributed by atoms with Crippen LogP contribution in [0.5, 0.6) is 0 Å². The SMILES string of the molecule is Cc1cc(C)c(S(=O)(=O)C(OCC(=O)Nc2ccc(-n3ccnc3C)cc2)C2CCCCN2)c(C)c1. The summed E-state index contributed by atoms with van der Waals surface area (Å²) in [7, 11) is -3.86. The average molecular weight is 511 g/mol. The summed E-state index contributed by atoms with van der Waals surface area (Å²) in [6.45, 7) is 7.83. The Labute approximate surface area is 213 Å². The highest BCUT2D eigenvalue weighted by Gasteiger charge is 2.38. The van der Waals surface area contributed by atoms with Gasteiger partial charge in [-0.2, -0.15) is 0 Å². The number of carbonyl (C=O) groups is 1. The molecule has 2 atom stereocenters. The van der Waals surface area contributed by atoms with Crippen LogP contribution in [0, 0.1) is 27.7 Å². The Morgan fingerprint density at radius 2 is 1.83 bits per heavy atom. The van der Waals surface area contributed by atoms with E-state index in [2.05, 4.69) is 15.6 Å². The van der Waals surface area contributed by atoms with Gasteiger partial charge in [0.05, 0.1) is 4.90 Å². The van der Waals surface area contributed by atoms with Crippen molar-refractivity contribution in [1.29, 1.82) is 0 Å². The van der Waals surface area contributed by atoms with Gasteiger partial charge in [-0.05, 0) is 82.5 Å². The van der Waals surface area contributed by atoms with Crippen molar-refractivity contribution in [2.24, 2.45) is 0 Å². The minimum absolute atomic E-state index is 0.288. The van der Waals surface area contributed by atoms with Gasteiger partial charge < -0.3 is 19.9 Å². The van der Waals surface area contributed by atoms with E-state index in [-0.39, 0.29) is 17.5 Å². The van der Waals surface area contributed by atoms with Crippen LogP contribution in [0.2, 0.25) is 0 Å². The summed E-state index contributed by atoms with van der Waals surface area (Å²) in [6.07, 6.45) is 6.17. The maximum atomic E-state index is 13.8. The molecule has 0 aliphatic carbocycles. The standard InChI is InChI=1S/C27H34N4O4S/c1-18-15-19(2)26(20(3)16-18)36(33,34)27(24-7-5-6-12-29-24)35-17-25(32)30-22-8-10-23(11-9-22)31-14-13-28-21(31)4/h8-11,13-16,24,27,29H,5-7,12,17H2,1-4H3,(H,30,32). The van der Waals surface area contributed by atoms with Crippen LogP contribution in [0.15, 0.2) is 53.7 Å². The Morgan fingerprint density at radius 3 is 2.42 bits per heavy atom. The Bertz CT molecular complexity index is 1300. The quantitative estimate of drug-likeness (QED) is 0.475. The molecule has 2 unspecified atom stereocenters. The van der Waals surface area contributed by atoms with E-state index in [4.69, 9.17) is 4.74 Å². The first kappa shape index (κ1) is 26.1. The fourth-order valence-corrected chi connectivity index (χ4v) is 7.14. The molecular weight excluding hydrogens is 476 g/mol. The summed E-state index contributed by atoms with van der Waals surface area (Å²) in [5, 5.41) is 6.10. The van der Waals surface area contributed by atoms with Gasteiger partial charge in [-0.1, -0.05) is 24.1 Å². The molecule has 3 aromatic rings. The van der Waals surface area contributed by atoms with Gasteiger partial charge in [-0.25, -0.2) is 13.4 Å². The van der Waals surface area contributed by atoms with Crippen molar-refractivity contribution in [3.8, 4) is 5.69 Å². The number of ether oxygens (including phenoxy) is 1. The van der Waals surface area contributed by atoms with Crippen molar-refractivity contribution < 1.29 is 17.9 Å². The lowest BCUT2D eigenvalue weighted by Crippen LogP contribution is -2.49. The topological polar surface area (TPSA) is 102 Å². The van der Waals surface area contributed by atoms with E-state index in [9.17, 15) is 13.2 Å². The average Bonchev–Trinajstić information content (AvgIpc) is 3.25. The van der Waals surface area contributed by atoms with Crippen LogP contribution in [0.25, 0.3) is 5.69 Å². The molecule has 36 heavy (non-hydrogen) atoms. The number of nitrogens with zero attached hydrogens (tertiary/aromatic N) is 2. The normalized spacial score (nSPS) is 17.1. The highest BCUT2D eigenvalue weighted by molar-refractivity contribution is 7.92. The lowest BCUT2D eigenvalue weighted by atomic mass is 10.1. The molecule has 2 N–H and O–H groups in total. The van der Waals surface area contributed by atoms with Crippen LogP contribution in [0.3, 0.4) is 0 Å². The number of piperidine rings is 1. The third-order valence-corrected chi connectivity index (χ3v) is 8.79. The number of hydrogen-bond donors (Lipinski definition) is 2. The molecule has 0 radical (unpaired) electrons. The molecule has 0 bridgehead atoms. The predicted molar refractivity (Wildman–Crippen MR) is 140 cm³/mol. The zero-order valence-corrected chi connectivity index (χ0v) is 22.1. The number of aryl methyl sites for hydroxylation is 4. The second-order valence-corrected chi connectivity index (χ2v) is 11.4. The van der Waals surface area contributed by atoms with Crippen molar-refractivity contribution in [1.82, 2.24) is 14.9 Å². The summed E-state index contributed by atoms with van der Waals surface area (Å²) in [6, 6.07) is 10.7. The minimum atomic E-state index is -3.86. The molecule has 4 rings (SSSR count). The fraction of sp³-hybridized carbons (Fsp3) is 0.407. The van der Waals surface area contributed by atoms with Gasteiger partial charge in [0.25, 0.3) is 0 Å². The molecule has 1 fully saturated rings. The van der Waals surface area contributed by atoms with E-state index in [1.54, 1.807) is 32.2 Å². The Kier molecular flexibility index (Phi) is 7.92. The number of anilines is 1. The molecular formula is C27H34N4O4S. The number of benzene rings is 2. The van der Waals surface area contributed by atoms with E-state index >= 15 is 0 Å². The number of amides is 1. The summed E-state index contributed by atoms with van der Waals surface area (Å²) >= 11 is 0. The van der Waals surface area contributed by atoms with E-state index < -0.39 is 21.2 Å². The number of carbonyl (C=O) groups excluding carboxylic acids is 1. The predicted octanol–water partition coefficient (Wildman–Crippen LogP) is 4.00. The zero-order chi connectivity index (χ0) is 25.9. The second-order valence-electron chi connectivity index (χ2n) is 9.45. The van der Waals surface area contributed by atoms with Crippen LogP contribution in [-0.2, 0) is 19.4 Å². The Balaban J connectivity index is 1.49. The third kappa shape index (κ3) is 5.69. The largest absolute Gasteiger partial charge is 0.350 e. The molecule has 2 heterocycles. The summed E-state index contributed by atoms with van der Waals surface area (Å²) in [5.41, 5.74) is 2.76. The summed E-state index contributed by atoms with van der Waals surface area (Å²) in [4.78, 5) is 17.3. The molecule has 0 spiro atoms. The van der Waals surface area contributed by atoms with Crippen LogP contribution in [-0.4, -0.2) is 48.5 Å². The Morgan fingerprint density at radius 1 is 1.14 bits per heavy atom. The van der Waals surface area contributed by atoms with Crippen LogP contribution in [0.4, 0.5) is 5.69 Å². The fourth-order valence-electron chi connectivity index (χ4n) is 4.98. The zero-order valence-electron chi connectivity index (χ0n) is 21.2. The van der Waals surface area contributed by atoms with Crippen LogP contribution >= 0.6 is 0 Å². The summed E-state index contributed by atoms with van der Waals surface area (Å²) in [5.74, 6) is 0.456. The molecule has 1 aliphatic rings. The highest BCUT2D eigenvalue weighted by Crippen LogP contribution is 2.29. The number of hydrogen-bond acceptors (Lipinski definition) is 6. The maximum absolute atomic E-state index is 13.8. The molecule has 192 valence electrons. The van der Waals surface area contributed by atoms with Crippen molar-refractivity contribution in [2.45, 2.75) is 63.3 Å². The van der Waals surface area contributed by atoms with Gasteiger partial charge in [-0.15, -0.1) is 0 Å². The van der Waals surface area contributed by atoms with Crippen LogP contribution < -0.4 is 10.6 Å². The number of sulfone groups is 1. The van der Waals surface area contributed by atoms with Gasteiger partial charge in [0, 0.05) is 29.8 Å². The third-order valence-electron chi connectivity index (χ3n) is 6.51. The van der Waals surface area contributed by atoms with Crippen molar-refractivity contribution in [3.05, 3.63) is 71.3 Å². The number of rotatable bonds is 8. The molecule has 1 aromatic heterocycles. The molecule has 1 amide bonds. The van der Waals surface area contributed by atoms with Crippen LogP contribution in [0.1, 0.15) is 41.8 Å². The van der Waals surface area contributed by atoms with E-state index in [0.29, 0.717) is 23.2 Å². The van der Waals surface area contributed by atoms with Gasteiger partial charge in [0.1, 0.15) is 12.4 Å². The highest BCUT2D eigenvalue weighted by atomic mass is 32.2. The molecule has 2 aromatic carbocycles. The maximum Gasteiger partial charge on any atom is 0.250 e. The molecule has 9 heteroatoms. The second kappa shape index (κ2) is 10.9. The number of aromatic nitrogens is 2. The number of imidazole rings is 1. The van der Waals surface area contributed by atoms with E-state index in [1.807, 2.05) is 48.9 Å². The van der Waals surface area contributed by atoms with Crippen molar-refractivity contribution in [2.75, 3.05) is 18.5 Å². The number of nitrogens with one attached hydrogen (secondary N) is 2. The van der Waals surface area contributed by atoms with Crippen molar-refractivity contribution in [3.63, 3.8) is 0 Å². The lowest BCUT2D eigenvalue weighted by Gasteiger charge is -2.31. The van der Waals surface area contributed by atoms with Gasteiger partial charge in [-0.3, -0.25) is 4.79 Å². The lowest BCUT2D eigenvalue weighted by molar-refractivity contribution is -0.121. The minimum Gasteiger partial charge on any atom is -0.350 e. The Hall–Kier alpha value is -3.01. The van der Waals surface area contributed by atoms with Gasteiger partial charge in [0.15, 0.2) is 5.44 Å². The monoisotopic (exact) mass is 510 g/mol. The first-order valence-corrected chi connectivity index (χ1v) is 13.8. The molecule has 1 aliphatic heterocycles. The molecule has 8 nitrogen and oxygen atoms in total. The first-order chi connectivity index (χ1) is 17.2.